The van der Waals surface area contributed by atoms with Crippen molar-refractivity contribution in [2.24, 2.45) is 0 Å². The third-order valence-electron chi connectivity index (χ3n) is 5.38. The number of carbonyl (C=O) groups excluding carboxylic acids is 1. The maximum absolute atomic E-state index is 12.6. The van der Waals surface area contributed by atoms with E-state index >= 15 is 0 Å². The van der Waals surface area contributed by atoms with Crippen LogP contribution in [0, 0.1) is 0 Å². The first-order valence-corrected chi connectivity index (χ1v) is 10.5. The van der Waals surface area contributed by atoms with Crippen LogP contribution in [0.4, 0.5) is 11.4 Å². The van der Waals surface area contributed by atoms with E-state index < -0.39 is 0 Å². The van der Waals surface area contributed by atoms with Crippen molar-refractivity contribution < 1.29 is 4.79 Å². The Kier molecular flexibility index (Phi) is 5.90. The van der Waals surface area contributed by atoms with Gasteiger partial charge in [0.2, 0.25) is 5.91 Å². The number of aryl methyl sites for hydroxylation is 1. The lowest BCUT2D eigenvalue weighted by Crippen LogP contribution is -2.32. The van der Waals surface area contributed by atoms with Crippen LogP contribution in [0.5, 0.6) is 0 Å². The Morgan fingerprint density at radius 2 is 1.77 bits per heavy atom. The van der Waals surface area contributed by atoms with E-state index in [1.165, 1.54) is 11.1 Å². The standard InChI is InChI=1S/C22H23ClN4O3/c23-15-8-9-19(26-11-4-1-5-12-26)18(14-15)24-20(28)10-13-27-22(30)17-7-3-2-6-16(17)21(29)25-27/h2-3,6-9,14H,1,4-5,10-13H2,(H,24,28)(H,25,29). The number of hydrogen-bond acceptors (Lipinski definition) is 4. The van der Waals surface area contributed by atoms with Crippen molar-refractivity contribution in [3.05, 3.63) is 68.2 Å². The first kappa shape index (κ1) is 20.2. The summed E-state index contributed by atoms with van der Waals surface area (Å²) in [6.45, 7) is 1.96. The Hall–Kier alpha value is -3.06. The lowest BCUT2D eigenvalue weighted by atomic mass is 10.1. The van der Waals surface area contributed by atoms with Gasteiger partial charge in [0.1, 0.15) is 0 Å². The van der Waals surface area contributed by atoms with Crippen LogP contribution >= 0.6 is 11.6 Å². The molecule has 1 aromatic heterocycles. The average molecular weight is 427 g/mol. The van der Waals surface area contributed by atoms with Gasteiger partial charge in [0.05, 0.1) is 28.7 Å². The van der Waals surface area contributed by atoms with Gasteiger partial charge in [0, 0.05) is 24.5 Å². The summed E-state index contributed by atoms with van der Waals surface area (Å²) in [7, 11) is 0. The Morgan fingerprint density at radius 1 is 1.03 bits per heavy atom. The van der Waals surface area contributed by atoms with Gasteiger partial charge in [-0.05, 0) is 49.6 Å². The number of amides is 1. The van der Waals surface area contributed by atoms with Crippen LogP contribution in [0.25, 0.3) is 10.8 Å². The van der Waals surface area contributed by atoms with Gasteiger partial charge in [-0.1, -0.05) is 23.7 Å². The number of aromatic nitrogens is 2. The minimum absolute atomic E-state index is 0.0418. The van der Waals surface area contributed by atoms with Crippen molar-refractivity contribution in [1.82, 2.24) is 9.78 Å². The molecule has 0 atom stereocenters. The highest BCUT2D eigenvalue weighted by Gasteiger charge is 2.17. The number of anilines is 2. The molecule has 0 aliphatic carbocycles. The third kappa shape index (κ3) is 4.26. The number of piperidine rings is 1. The van der Waals surface area contributed by atoms with Crippen LogP contribution in [0.2, 0.25) is 5.02 Å². The molecule has 2 heterocycles. The molecule has 7 nitrogen and oxygen atoms in total. The van der Waals surface area contributed by atoms with E-state index in [4.69, 9.17) is 11.6 Å². The highest BCUT2D eigenvalue weighted by atomic mass is 35.5. The Morgan fingerprint density at radius 3 is 2.53 bits per heavy atom. The molecule has 1 saturated heterocycles. The highest BCUT2D eigenvalue weighted by Crippen LogP contribution is 2.31. The van der Waals surface area contributed by atoms with Crippen LogP contribution in [0.3, 0.4) is 0 Å². The lowest BCUT2D eigenvalue weighted by Gasteiger charge is -2.30. The maximum Gasteiger partial charge on any atom is 0.273 e. The van der Waals surface area contributed by atoms with Crippen LogP contribution in [0.1, 0.15) is 25.7 Å². The molecular weight excluding hydrogens is 404 g/mol. The molecule has 156 valence electrons. The second-order valence-corrected chi connectivity index (χ2v) is 7.89. The molecule has 30 heavy (non-hydrogen) atoms. The molecular formula is C22H23ClN4O3. The van der Waals surface area contributed by atoms with Gasteiger partial charge in [-0.15, -0.1) is 0 Å². The van der Waals surface area contributed by atoms with E-state index in [1.54, 1.807) is 30.3 Å². The second-order valence-electron chi connectivity index (χ2n) is 7.45. The minimum atomic E-state index is -0.354. The maximum atomic E-state index is 12.6. The average Bonchev–Trinajstić information content (AvgIpc) is 2.76. The summed E-state index contributed by atoms with van der Waals surface area (Å²) in [5, 5.41) is 6.69. The monoisotopic (exact) mass is 426 g/mol. The number of rotatable bonds is 5. The zero-order valence-electron chi connectivity index (χ0n) is 16.5. The van der Waals surface area contributed by atoms with Gasteiger partial charge in [0.15, 0.2) is 0 Å². The smallest absolute Gasteiger partial charge is 0.273 e. The van der Waals surface area contributed by atoms with E-state index in [0.717, 1.165) is 31.6 Å². The normalized spacial score (nSPS) is 14.1. The highest BCUT2D eigenvalue weighted by molar-refractivity contribution is 6.31. The molecule has 1 aliphatic rings. The van der Waals surface area contributed by atoms with E-state index in [-0.39, 0.29) is 30.0 Å². The van der Waals surface area contributed by atoms with Crippen molar-refractivity contribution in [2.75, 3.05) is 23.3 Å². The summed E-state index contributed by atoms with van der Waals surface area (Å²) in [6.07, 6.45) is 3.49. The van der Waals surface area contributed by atoms with Crippen LogP contribution in [0.15, 0.2) is 52.1 Å². The fourth-order valence-corrected chi connectivity index (χ4v) is 4.02. The summed E-state index contributed by atoms with van der Waals surface area (Å²) in [6, 6.07) is 12.1. The molecule has 1 fully saturated rings. The number of halogens is 1. The number of nitrogens with zero attached hydrogens (tertiary/aromatic N) is 2. The predicted octanol–water partition coefficient (Wildman–Crippen LogP) is 3.36. The second kappa shape index (κ2) is 8.75. The van der Waals surface area contributed by atoms with Gasteiger partial charge in [-0.2, -0.15) is 0 Å². The number of aromatic amines is 1. The van der Waals surface area contributed by atoms with E-state index in [9.17, 15) is 14.4 Å². The molecule has 0 bridgehead atoms. The molecule has 0 spiro atoms. The van der Waals surface area contributed by atoms with Gasteiger partial charge >= 0.3 is 0 Å². The van der Waals surface area contributed by atoms with Crippen molar-refractivity contribution >= 4 is 39.7 Å². The Balaban J connectivity index is 1.50. The summed E-state index contributed by atoms with van der Waals surface area (Å²) in [5.41, 5.74) is 0.931. The van der Waals surface area contributed by atoms with Crippen LogP contribution in [-0.2, 0) is 11.3 Å². The SMILES string of the molecule is O=C(CCn1[nH]c(=O)c2ccccc2c1=O)Nc1cc(Cl)ccc1N1CCCCC1. The zero-order valence-corrected chi connectivity index (χ0v) is 17.2. The van der Waals surface area contributed by atoms with Crippen molar-refractivity contribution in [3.8, 4) is 0 Å². The summed E-state index contributed by atoms with van der Waals surface area (Å²) in [4.78, 5) is 39.7. The molecule has 0 saturated carbocycles. The molecule has 0 unspecified atom stereocenters. The summed E-state index contributed by atoms with van der Waals surface area (Å²) >= 11 is 6.15. The zero-order chi connectivity index (χ0) is 21.1. The topological polar surface area (TPSA) is 87.2 Å². The van der Waals surface area contributed by atoms with Gasteiger partial charge in [0.25, 0.3) is 11.1 Å². The molecule has 2 aromatic carbocycles. The number of benzene rings is 2. The largest absolute Gasteiger partial charge is 0.370 e. The van der Waals surface area contributed by atoms with Gasteiger partial charge in [-0.3, -0.25) is 19.5 Å². The van der Waals surface area contributed by atoms with E-state index in [1.807, 2.05) is 12.1 Å². The molecule has 0 radical (unpaired) electrons. The number of H-pyrrole nitrogens is 1. The van der Waals surface area contributed by atoms with Crippen molar-refractivity contribution in [3.63, 3.8) is 0 Å². The molecule has 8 heteroatoms. The summed E-state index contributed by atoms with van der Waals surface area (Å²) in [5.74, 6) is -0.253. The number of nitrogens with one attached hydrogen (secondary N) is 2. The number of carbonyl (C=O) groups is 1. The van der Waals surface area contributed by atoms with Gasteiger partial charge in [-0.25, -0.2) is 4.68 Å². The Labute approximate surface area is 178 Å². The van der Waals surface area contributed by atoms with Gasteiger partial charge < -0.3 is 10.2 Å². The minimum Gasteiger partial charge on any atom is -0.370 e. The molecule has 4 rings (SSSR count). The molecule has 1 aliphatic heterocycles. The van der Waals surface area contributed by atoms with E-state index in [2.05, 4.69) is 15.3 Å². The van der Waals surface area contributed by atoms with Crippen molar-refractivity contribution in [2.45, 2.75) is 32.2 Å². The molecule has 2 N–H and O–H groups in total. The quantitative estimate of drug-likeness (QED) is 0.654. The molecule has 3 aromatic rings. The first-order chi connectivity index (χ1) is 14.5. The lowest BCUT2D eigenvalue weighted by molar-refractivity contribution is -0.116. The van der Waals surface area contributed by atoms with Crippen LogP contribution < -0.4 is 21.3 Å². The summed E-state index contributed by atoms with van der Waals surface area (Å²) < 4.78 is 1.19. The molecule has 1 amide bonds. The number of hydrogen-bond donors (Lipinski definition) is 2. The fourth-order valence-electron chi connectivity index (χ4n) is 3.85. The fraction of sp³-hybridized carbons (Fsp3) is 0.318. The van der Waals surface area contributed by atoms with Crippen LogP contribution in [-0.4, -0.2) is 28.8 Å². The Bertz CT molecular complexity index is 1190. The predicted molar refractivity (Wildman–Crippen MR) is 120 cm³/mol. The van der Waals surface area contributed by atoms with Crippen molar-refractivity contribution in [1.29, 1.82) is 0 Å². The van der Waals surface area contributed by atoms with E-state index in [0.29, 0.717) is 21.5 Å². The third-order valence-corrected chi connectivity index (χ3v) is 5.61. The number of fused-ring (bicyclic) bond motifs is 1. The first-order valence-electron chi connectivity index (χ1n) is 10.1.